The summed E-state index contributed by atoms with van der Waals surface area (Å²) in [5.74, 6) is 0.883. The number of fused-ring (bicyclic) bond motifs is 1. The molecule has 3 rings (SSSR count). The van der Waals surface area contributed by atoms with E-state index in [1.807, 2.05) is 4.90 Å². The molecule has 0 aliphatic carbocycles. The summed E-state index contributed by atoms with van der Waals surface area (Å²) in [6.45, 7) is 5.58. The van der Waals surface area contributed by atoms with Crippen molar-refractivity contribution in [3.8, 4) is 0 Å². The highest BCUT2D eigenvalue weighted by Crippen LogP contribution is 2.27. The average molecular weight is 275 g/mol. The van der Waals surface area contributed by atoms with E-state index in [-0.39, 0.29) is 11.4 Å². The second-order valence-corrected chi connectivity index (χ2v) is 5.64. The molecule has 2 heterocycles. The number of anilines is 1. The van der Waals surface area contributed by atoms with Crippen molar-refractivity contribution in [2.75, 3.05) is 18.0 Å². The van der Waals surface area contributed by atoms with Gasteiger partial charge in [-0.05, 0) is 31.7 Å². The smallest absolute Gasteiger partial charge is 0.258 e. The lowest BCUT2D eigenvalue weighted by Gasteiger charge is -2.32. The van der Waals surface area contributed by atoms with Crippen LogP contribution in [0.2, 0.25) is 0 Å². The summed E-state index contributed by atoms with van der Waals surface area (Å²) in [6.07, 6.45) is 2.11. The van der Waals surface area contributed by atoms with Crippen molar-refractivity contribution in [1.82, 2.24) is 9.97 Å². The molecule has 1 aromatic carbocycles. The molecule has 4 nitrogen and oxygen atoms in total. The van der Waals surface area contributed by atoms with E-state index >= 15 is 0 Å². The van der Waals surface area contributed by atoms with Crippen LogP contribution in [0.15, 0.2) is 16.9 Å². The summed E-state index contributed by atoms with van der Waals surface area (Å²) in [5, 5.41) is 0.450. The highest BCUT2D eigenvalue weighted by molar-refractivity contribution is 5.82. The Kier molecular flexibility index (Phi) is 3.20. The molecule has 0 atom stereocenters. The van der Waals surface area contributed by atoms with Gasteiger partial charge in [0, 0.05) is 19.2 Å². The predicted octanol–water partition coefficient (Wildman–Crippen LogP) is 2.61. The fraction of sp³-hybridized carbons (Fsp3) is 0.467. The maximum Gasteiger partial charge on any atom is 0.258 e. The molecule has 0 amide bonds. The number of aryl methyl sites for hydroxylation is 1. The molecule has 106 valence electrons. The van der Waals surface area contributed by atoms with Gasteiger partial charge >= 0.3 is 0 Å². The van der Waals surface area contributed by atoms with Gasteiger partial charge in [0.15, 0.2) is 0 Å². The van der Waals surface area contributed by atoms with Gasteiger partial charge in [0.25, 0.3) is 5.56 Å². The van der Waals surface area contributed by atoms with Crippen molar-refractivity contribution in [2.45, 2.75) is 26.7 Å². The van der Waals surface area contributed by atoms with Crippen LogP contribution in [0.5, 0.6) is 0 Å². The third kappa shape index (κ3) is 2.28. The lowest BCUT2D eigenvalue weighted by molar-refractivity contribution is 0.435. The summed E-state index contributed by atoms with van der Waals surface area (Å²) in [6, 6.07) is 3.00. The number of nitrogens with zero attached hydrogens (tertiary/aromatic N) is 2. The maximum atomic E-state index is 14.3. The van der Waals surface area contributed by atoms with E-state index in [4.69, 9.17) is 0 Å². The molecule has 5 heteroatoms. The van der Waals surface area contributed by atoms with E-state index in [0.29, 0.717) is 28.3 Å². The molecule has 2 aromatic rings. The first kappa shape index (κ1) is 13.1. The quantitative estimate of drug-likeness (QED) is 0.870. The van der Waals surface area contributed by atoms with Crippen LogP contribution in [0, 0.1) is 18.7 Å². The van der Waals surface area contributed by atoms with Crippen LogP contribution in [0.4, 0.5) is 10.1 Å². The van der Waals surface area contributed by atoms with Crippen molar-refractivity contribution < 1.29 is 4.39 Å². The van der Waals surface area contributed by atoms with Crippen molar-refractivity contribution in [1.29, 1.82) is 0 Å². The largest absolute Gasteiger partial charge is 0.369 e. The second kappa shape index (κ2) is 4.89. The molecule has 1 aliphatic heterocycles. The minimum absolute atomic E-state index is 0.209. The standard InChI is InChI=1S/C15H18FN3O/c1-9-3-5-19(6-4-9)14-7-11-13(8-12(14)16)17-10(2)18-15(11)20/h7-9H,3-6H2,1-2H3,(H,17,18,20). The van der Waals surface area contributed by atoms with Crippen LogP contribution in [0.3, 0.4) is 0 Å². The SMILES string of the molecule is Cc1nc2cc(F)c(N3CCC(C)CC3)cc2c(=O)[nH]1. The zero-order valence-electron chi connectivity index (χ0n) is 11.7. The average Bonchev–Trinajstić information content (AvgIpc) is 2.39. The lowest BCUT2D eigenvalue weighted by Crippen LogP contribution is -2.33. The minimum atomic E-state index is -0.301. The van der Waals surface area contributed by atoms with Gasteiger partial charge in [-0.3, -0.25) is 4.79 Å². The van der Waals surface area contributed by atoms with Crippen LogP contribution < -0.4 is 10.5 Å². The van der Waals surface area contributed by atoms with Crippen molar-refractivity contribution >= 4 is 16.6 Å². The molecule has 20 heavy (non-hydrogen) atoms. The molecule has 1 fully saturated rings. The van der Waals surface area contributed by atoms with Gasteiger partial charge < -0.3 is 9.88 Å². The zero-order valence-corrected chi connectivity index (χ0v) is 11.7. The Bertz CT molecular complexity index is 702. The fourth-order valence-corrected chi connectivity index (χ4v) is 2.76. The van der Waals surface area contributed by atoms with Crippen molar-refractivity contribution in [3.63, 3.8) is 0 Å². The van der Waals surface area contributed by atoms with Gasteiger partial charge in [-0.1, -0.05) is 6.92 Å². The molecule has 1 saturated heterocycles. The molecular weight excluding hydrogens is 257 g/mol. The Balaban J connectivity index is 2.08. The van der Waals surface area contributed by atoms with Crippen molar-refractivity contribution in [2.24, 2.45) is 5.92 Å². The van der Waals surface area contributed by atoms with E-state index in [1.165, 1.54) is 6.07 Å². The zero-order chi connectivity index (χ0) is 14.3. The first-order chi connectivity index (χ1) is 9.54. The number of hydrogen-bond donors (Lipinski definition) is 1. The van der Waals surface area contributed by atoms with Gasteiger partial charge in [-0.15, -0.1) is 0 Å². The van der Waals surface area contributed by atoms with Crippen LogP contribution >= 0.6 is 0 Å². The maximum absolute atomic E-state index is 14.3. The van der Waals surface area contributed by atoms with Crippen LogP contribution in [0.1, 0.15) is 25.6 Å². The summed E-state index contributed by atoms with van der Waals surface area (Å²) >= 11 is 0. The van der Waals surface area contributed by atoms with E-state index in [0.717, 1.165) is 25.9 Å². The molecule has 0 unspecified atom stereocenters. The topological polar surface area (TPSA) is 49.0 Å². The molecule has 0 spiro atoms. The van der Waals surface area contributed by atoms with E-state index in [2.05, 4.69) is 16.9 Å². The van der Waals surface area contributed by atoms with Gasteiger partial charge in [0.05, 0.1) is 16.6 Å². The molecular formula is C15H18FN3O. The van der Waals surface area contributed by atoms with Crippen LogP contribution in [-0.4, -0.2) is 23.1 Å². The number of piperidine rings is 1. The van der Waals surface area contributed by atoms with Gasteiger partial charge in [0.1, 0.15) is 11.6 Å². The number of aromatic nitrogens is 2. The van der Waals surface area contributed by atoms with Gasteiger partial charge in [0.2, 0.25) is 0 Å². The number of nitrogens with one attached hydrogen (secondary N) is 1. The Labute approximate surface area is 116 Å². The van der Waals surface area contributed by atoms with Crippen LogP contribution in [0.25, 0.3) is 10.9 Å². The third-order valence-corrected chi connectivity index (χ3v) is 4.02. The molecule has 1 aromatic heterocycles. The van der Waals surface area contributed by atoms with E-state index in [1.54, 1.807) is 13.0 Å². The summed E-state index contributed by atoms with van der Waals surface area (Å²) in [4.78, 5) is 20.8. The number of rotatable bonds is 1. The Morgan fingerprint density at radius 2 is 2.05 bits per heavy atom. The van der Waals surface area contributed by atoms with E-state index < -0.39 is 0 Å². The predicted molar refractivity (Wildman–Crippen MR) is 77.7 cm³/mol. The van der Waals surface area contributed by atoms with Gasteiger partial charge in [-0.25, -0.2) is 9.37 Å². The van der Waals surface area contributed by atoms with E-state index in [9.17, 15) is 9.18 Å². The number of hydrogen-bond acceptors (Lipinski definition) is 3. The normalized spacial score (nSPS) is 16.9. The Hall–Kier alpha value is -1.91. The molecule has 0 saturated carbocycles. The first-order valence-electron chi connectivity index (χ1n) is 6.99. The highest BCUT2D eigenvalue weighted by Gasteiger charge is 2.20. The molecule has 0 bridgehead atoms. The second-order valence-electron chi connectivity index (χ2n) is 5.64. The number of halogens is 1. The third-order valence-electron chi connectivity index (χ3n) is 4.02. The molecule has 1 N–H and O–H groups in total. The lowest BCUT2D eigenvalue weighted by atomic mass is 9.98. The summed E-state index contributed by atoms with van der Waals surface area (Å²) in [5.41, 5.74) is 0.720. The summed E-state index contributed by atoms with van der Waals surface area (Å²) in [7, 11) is 0. The first-order valence-corrected chi connectivity index (χ1v) is 6.99. The number of benzene rings is 1. The number of H-pyrrole nitrogens is 1. The Morgan fingerprint density at radius 3 is 2.75 bits per heavy atom. The van der Waals surface area contributed by atoms with Crippen LogP contribution in [-0.2, 0) is 0 Å². The molecule has 0 radical (unpaired) electrons. The fourth-order valence-electron chi connectivity index (χ4n) is 2.76. The highest BCUT2D eigenvalue weighted by atomic mass is 19.1. The van der Waals surface area contributed by atoms with Crippen molar-refractivity contribution in [3.05, 3.63) is 34.1 Å². The Morgan fingerprint density at radius 1 is 1.35 bits per heavy atom. The summed E-state index contributed by atoms with van der Waals surface area (Å²) < 4.78 is 14.3. The van der Waals surface area contributed by atoms with Gasteiger partial charge in [-0.2, -0.15) is 0 Å². The molecule has 1 aliphatic rings. The minimum Gasteiger partial charge on any atom is -0.369 e. The monoisotopic (exact) mass is 275 g/mol. The number of aromatic amines is 1.